The second-order valence-electron chi connectivity index (χ2n) is 5.97. The van der Waals surface area contributed by atoms with Gasteiger partial charge in [0, 0.05) is 18.8 Å². The summed E-state index contributed by atoms with van der Waals surface area (Å²) in [5, 5.41) is 4.18. The number of aromatic nitrogens is 2. The fourth-order valence-corrected chi connectivity index (χ4v) is 2.68. The van der Waals surface area contributed by atoms with Crippen molar-refractivity contribution in [2.24, 2.45) is 0 Å². The summed E-state index contributed by atoms with van der Waals surface area (Å²) in [5.74, 6) is 1.09. The molecule has 0 unspecified atom stereocenters. The molecule has 0 spiro atoms. The summed E-state index contributed by atoms with van der Waals surface area (Å²) in [6.07, 6.45) is 4.50. The predicted octanol–water partition coefficient (Wildman–Crippen LogP) is 3.57. The highest BCUT2D eigenvalue weighted by Gasteiger charge is 2.08. The van der Waals surface area contributed by atoms with Gasteiger partial charge in [0.05, 0.1) is 19.9 Å². The number of nitrogens with zero attached hydrogens (tertiary/aromatic N) is 2. The van der Waals surface area contributed by atoms with Crippen LogP contribution in [0.1, 0.15) is 17.5 Å². The molecule has 0 N–H and O–H groups in total. The molecule has 140 valence electrons. The topological polar surface area (TPSA) is 62.6 Å². The van der Waals surface area contributed by atoms with Crippen LogP contribution in [0.5, 0.6) is 11.5 Å². The average molecular weight is 366 g/mol. The Morgan fingerprint density at radius 3 is 2.41 bits per heavy atom. The van der Waals surface area contributed by atoms with E-state index in [0.717, 1.165) is 16.8 Å². The van der Waals surface area contributed by atoms with Gasteiger partial charge in [-0.05, 0) is 47.9 Å². The van der Waals surface area contributed by atoms with Crippen LogP contribution in [-0.2, 0) is 22.6 Å². The molecule has 27 heavy (non-hydrogen) atoms. The van der Waals surface area contributed by atoms with Crippen LogP contribution in [0.3, 0.4) is 0 Å². The predicted molar refractivity (Wildman–Crippen MR) is 101 cm³/mol. The maximum Gasteiger partial charge on any atom is 0.306 e. The normalized spacial score (nSPS) is 10.4. The van der Waals surface area contributed by atoms with Crippen molar-refractivity contribution in [2.75, 3.05) is 14.2 Å². The lowest BCUT2D eigenvalue weighted by Gasteiger charge is -2.10. The standard InChI is InChI=1S/C21H22N2O4/c1-25-19-10-6-16(14-20(19)26-2)7-11-21(24)27-15-17-4-8-18(9-5-17)23-13-3-12-22-23/h3-6,8-10,12-14H,7,11,15H2,1-2H3. The first kappa shape index (κ1) is 18.5. The Kier molecular flexibility index (Phi) is 6.10. The molecule has 0 saturated carbocycles. The largest absolute Gasteiger partial charge is 0.493 e. The molecular weight excluding hydrogens is 344 g/mol. The summed E-state index contributed by atoms with van der Waals surface area (Å²) >= 11 is 0. The highest BCUT2D eigenvalue weighted by molar-refractivity contribution is 5.69. The smallest absolute Gasteiger partial charge is 0.306 e. The summed E-state index contributed by atoms with van der Waals surface area (Å²) in [7, 11) is 3.18. The number of hydrogen-bond donors (Lipinski definition) is 0. The number of benzene rings is 2. The lowest BCUT2D eigenvalue weighted by atomic mass is 10.1. The number of carbonyl (C=O) groups is 1. The first-order valence-electron chi connectivity index (χ1n) is 8.65. The Labute approximate surface area is 158 Å². The number of aryl methyl sites for hydroxylation is 1. The molecule has 0 saturated heterocycles. The zero-order valence-corrected chi connectivity index (χ0v) is 15.4. The third kappa shape index (κ3) is 4.88. The molecule has 0 radical (unpaired) electrons. The first-order valence-corrected chi connectivity index (χ1v) is 8.65. The van der Waals surface area contributed by atoms with Gasteiger partial charge in [-0.3, -0.25) is 4.79 Å². The molecule has 0 amide bonds. The number of rotatable bonds is 8. The molecule has 0 bridgehead atoms. The second kappa shape index (κ2) is 8.89. The van der Waals surface area contributed by atoms with Gasteiger partial charge in [0.25, 0.3) is 0 Å². The van der Waals surface area contributed by atoms with Crippen molar-refractivity contribution in [1.29, 1.82) is 0 Å². The van der Waals surface area contributed by atoms with Gasteiger partial charge < -0.3 is 14.2 Å². The molecule has 0 aliphatic rings. The highest BCUT2D eigenvalue weighted by atomic mass is 16.5. The van der Waals surface area contributed by atoms with E-state index in [4.69, 9.17) is 14.2 Å². The number of carbonyl (C=O) groups excluding carboxylic acids is 1. The van der Waals surface area contributed by atoms with E-state index >= 15 is 0 Å². The monoisotopic (exact) mass is 366 g/mol. The van der Waals surface area contributed by atoms with Crippen LogP contribution in [0.15, 0.2) is 60.9 Å². The SMILES string of the molecule is COc1ccc(CCC(=O)OCc2ccc(-n3cccn3)cc2)cc1OC. The van der Waals surface area contributed by atoms with Crippen molar-refractivity contribution in [3.05, 3.63) is 72.1 Å². The van der Waals surface area contributed by atoms with Gasteiger partial charge in [0.15, 0.2) is 11.5 Å². The van der Waals surface area contributed by atoms with Crippen LogP contribution in [0.4, 0.5) is 0 Å². The molecule has 1 heterocycles. The number of esters is 1. The molecular formula is C21H22N2O4. The van der Waals surface area contributed by atoms with E-state index in [2.05, 4.69) is 5.10 Å². The lowest BCUT2D eigenvalue weighted by Crippen LogP contribution is -2.06. The molecule has 6 heteroatoms. The van der Waals surface area contributed by atoms with E-state index in [1.54, 1.807) is 25.1 Å². The van der Waals surface area contributed by atoms with E-state index < -0.39 is 0 Å². The van der Waals surface area contributed by atoms with E-state index in [0.29, 0.717) is 24.3 Å². The van der Waals surface area contributed by atoms with Crippen LogP contribution in [0.2, 0.25) is 0 Å². The van der Waals surface area contributed by atoms with Gasteiger partial charge in [-0.25, -0.2) is 4.68 Å². The minimum Gasteiger partial charge on any atom is -0.493 e. The van der Waals surface area contributed by atoms with Crippen LogP contribution < -0.4 is 9.47 Å². The minimum absolute atomic E-state index is 0.235. The zero-order valence-electron chi connectivity index (χ0n) is 15.4. The lowest BCUT2D eigenvalue weighted by molar-refractivity contribution is -0.144. The van der Waals surface area contributed by atoms with Crippen molar-refractivity contribution in [1.82, 2.24) is 9.78 Å². The van der Waals surface area contributed by atoms with Crippen LogP contribution in [0, 0.1) is 0 Å². The van der Waals surface area contributed by atoms with Gasteiger partial charge in [0.2, 0.25) is 0 Å². The van der Waals surface area contributed by atoms with Crippen LogP contribution >= 0.6 is 0 Å². The van der Waals surface area contributed by atoms with Crippen molar-refractivity contribution in [3.8, 4) is 17.2 Å². The summed E-state index contributed by atoms with van der Waals surface area (Å²) in [6.45, 7) is 0.254. The Balaban J connectivity index is 1.48. The number of methoxy groups -OCH3 is 2. The van der Waals surface area contributed by atoms with Gasteiger partial charge in [-0.2, -0.15) is 5.10 Å². The summed E-state index contributed by atoms with van der Waals surface area (Å²) in [4.78, 5) is 12.0. The zero-order chi connectivity index (χ0) is 19.1. The average Bonchev–Trinajstić information content (AvgIpc) is 3.25. The Bertz CT molecular complexity index is 874. The Hall–Kier alpha value is -3.28. The molecule has 0 fully saturated rings. The molecule has 0 aliphatic heterocycles. The molecule has 3 aromatic rings. The summed E-state index contributed by atoms with van der Waals surface area (Å²) < 4.78 is 17.6. The summed E-state index contributed by atoms with van der Waals surface area (Å²) in [6, 6.07) is 15.2. The molecule has 0 atom stereocenters. The molecule has 6 nitrogen and oxygen atoms in total. The Morgan fingerprint density at radius 1 is 1.00 bits per heavy atom. The minimum atomic E-state index is -0.235. The highest BCUT2D eigenvalue weighted by Crippen LogP contribution is 2.28. The van der Waals surface area contributed by atoms with Gasteiger partial charge in [0.1, 0.15) is 6.61 Å². The van der Waals surface area contributed by atoms with Gasteiger partial charge >= 0.3 is 5.97 Å². The van der Waals surface area contributed by atoms with Crippen LogP contribution in [0.25, 0.3) is 5.69 Å². The molecule has 0 aliphatic carbocycles. The first-order chi connectivity index (χ1) is 13.2. The van der Waals surface area contributed by atoms with Crippen molar-refractivity contribution >= 4 is 5.97 Å². The maximum absolute atomic E-state index is 12.0. The van der Waals surface area contributed by atoms with Crippen LogP contribution in [-0.4, -0.2) is 30.0 Å². The quantitative estimate of drug-likeness (QED) is 0.571. The maximum atomic E-state index is 12.0. The number of hydrogen-bond acceptors (Lipinski definition) is 5. The fraction of sp³-hybridized carbons (Fsp3) is 0.238. The summed E-state index contributed by atoms with van der Waals surface area (Å²) in [5.41, 5.74) is 2.89. The van der Waals surface area contributed by atoms with Gasteiger partial charge in [-0.1, -0.05) is 18.2 Å². The van der Waals surface area contributed by atoms with Crippen molar-refractivity contribution in [3.63, 3.8) is 0 Å². The van der Waals surface area contributed by atoms with E-state index in [1.165, 1.54) is 0 Å². The Morgan fingerprint density at radius 2 is 1.74 bits per heavy atom. The van der Waals surface area contributed by atoms with E-state index in [-0.39, 0.29) is 12.6 Å². The van der Waals surface area contributed by atoms with E-state index in [9.17, 15) is 4.79 Å². The molecule has 1 aromatic heterocycles. The third-order valence-electron chi connectivity index (χ3n) is 4.17. The van der Waals surface area contributed by atoms with Crippen molar-refractivity contribution in [2.45, 2.75) is 19.4 Å². The third-order valence-corrected chi connectivity index (χ3v) is 4.17. The van der Waals surface area contributed by atoms with Crippen molar-refractivity contribution < 1.29 is 19.0 Å². The van der Waals surface area contributed by atoms with E-state index in [1.807, 2.05) is 54.7 Å². The second-order valence-corrected chi connectivity index (χ2v) is 5.97. The molecule has 3 rings (SSSR count). The molecule has 2 aromatic carbocycles. The number of ether oxygens (including phenoxy) is 3. The fourth-order valence-electron chi connectivity index (χ4n) is 2.68. The van der Waals surface area contributed by atoms with Gasteiger partial charge in [-0.15, -0.1) is 0 Å².